The molecular weight excluding hydrogens is 221 g/mol. The van der Waals surface area contributed by atoms with Gasteiger partial charge in [-0.25, -0.2) is 14.4 Å². The van der Waals surface area contributed by atoms with Crippen molar-refractivity contribution in [2.24, 2.45) is 5.73 Å². The molecule has 0 aliphatic carbocycles. The van der Waals surface area contributed by atoms with Gasteiger partial charge in [0, 0.05) is 24.5 Å². The number of benzene rings is 1. The first-order chi connectivity index (χ1) is 8.26. The lowest BCUT2D eigenvalue weighted by Crippen LogP contribution is -1.99. The van der Waals surface area contributed by atoms with Crippen molar-refractivity contribution in [2.75, 3.05) is 7.11 Å². The number of halogens is 1. The molecule has 5 heteroatoms. The Morgan fingerprint density at radius 2 is 2.06 bits per heavy atom. The molecule has 2 N–H and O–H groups in total. The number of ether oxygens (including phenoxy) is 1. The summed E-state index contributed by atoms with van der Waals surface area (Å²) in [5.74, 6) is -0.0846. The van der Waals surface area contributed by atoms with Gasteiger partial charge in [-0.15, -0.1) is 0 Å². The second-order valence-electron chi connectivity index (χ2n) is 3.43. The highest BCUT2D eigenvalue weighted by atomic mass is 19.1. The van der Waals surface area contributed by atoms with Crippen LogP contribution in [0.15, 0.2) is 30.6 Å². The third kappa shape index (κ3) is 2.24. The first-order valence-electron chi connectivity index (χ1n) is 5.10. The molecule has 2 rings (SSSR count). The number of nitrogens with two attached hydrogens (primary N) is 1. The van der Waals surface area contributed by atoms with Crippen molar-refractivity contribution in [3.8, 4) is 17.1 Å². The van der Waals surface area contributed by atoms with Crippen LogP contribution in [0.25, 0.3) is 11.3 Å². The zero-order chi connectivity index (χ0) is 12.3. The lowest BCUT2D eigenvalue weighted by molar-refractivity contribution is 0.397. The Bertz CT molecular complexity index is 531. The number of hydrogen-bond donors (Lipinski definition) is 1. The summed E-state index contributed by atoms with van der Waals surface area (Å²) in [6.07, 6.45) is 2.99. The topological polar surface area (TPSA) is 61.0 Å². The van der Waals surface area contributed by atoms with Crippen LogP contribution in [-0.4, -0.2) is 17.1 Å². The van der Waals surface area contributed by atoms with Gasteiger partial charge in [-0.3, -0.25) is 0 Å². The van der Waals surface area contributed by atoms with Crippen LogP contribution in [0.4, 0.5) is 4.39 Å². The predicted molar refractivity (Wildman–Crippen MR) is 61.9 cm³/mol. The molecule has 88 valence electrons. The van der Waals surface area contributed by atoms with Crippen LogP contribution in [0.1, 0.15) is 5.56 Å². The average Bonchev–Trinajstić information content (AvgIpc) is 2.38. The molecule has 1 aromatic carbocycles. The summed E-state index contributed by atoms with van der Waals surface area (Å²) in [6.45, 7) is 0.300. The number of rotatable bonds is 3. The Labute approximate surface area is 98.3 Å². The third-order valence-corrected chi connectivity index (χ3v) is 2.38. The van der Waals surface area contributed by atoms with Gasteiger partial charge in [0.05, 0.1) is 7.11 Å². The van der Waals surface area contributed by atoms with E-state index < -0.39 is 0 Å². The van der Waals surface area contributed by atoms with Gasteiger partial charge in [-0.2, -0.15) is 0 Å². The highest BCUT2D eigenvalue weighted by molar-refractivity contribution is 5.65. The summed E-state index contributed by atoms with van der Waals surface area (Å²) >= 11 is 0. The monoisotopic (exact) mass is 233 g/mol. The molecule has 0 fully saturated rings. The number of hydrogen-bond acceptors (Lipinski definition) is 4. The maximum Gasteiger partial charge on any atom is 0.240 e. The molecule has 0 aliphatic heterocycles. The Kier molecular flexibility index (Phi) is 3.30. The fourth-order valence-corrected chi connectivity index (χ4v) is 1.54. The molecule has 2 aromatic rings. The van der Waals surface area contributed by atoms with Crippen LogP contribution in [-0.2, 0) is 6.54 Å². The first kappa shape index (κ1) is 11.5. The van der Waals surface area contributed by atoms with Gasteiger partial charge >= 0.3 is 0 Å². The summed E-state index contributed by atoms with van der Waals surface area (Å²) in [6, 6.07) is 4.78. The SMILES string of the molecule is COc1nccnc1-c1ccc(CN)cc1F. The second-order valence-corrected chi connectivity index (χ2v) is 3.43. The average molecular weight is 233 g/mol. The summed E-state index contributed by atoms with van der Waals surface area (Å²) in [7, 11) is 1.47. The Morgan fingerprint density at radius 3 is 2.71 bits per heavy atom. The van der Waals surface area contributed by atoms with Gasteiger partial charge in [0.25, 0.3) is 0 Å². The second kappa shape index (κ2) is 4.88. The van der Waals surface area contributed by atoms with E-state index in [1.807, 2.05) is 0 Å². The Morgan fingerprint density at radius 1 is 1.29 bits per heavy atom. The van der Waals surface area contributed by atoms with Crippen molar-refractivity contribution in [1.29, 1.82) is 0 Å². The maximum atomic E-state index is 13.9. The van der Waals surface area contributed by atoms with Gasteiger partial charge in [-0.1, -0.05) is 6.07 Å². The molecule has 4 nitrogen and oxygen atoms in total. The molecule has 0 amide bonds. The Hall–Kier alpha value is -2.01. The van der Waals surface area contributed by atoms with Gasteiger partial charge < -0.3 is 10.5 Å². The largest absolute Gasteiger partial charge is 0.479 e. The van der Waals surface area contributed by atoms with E-state index >= 15 is 0 Å². The molecule has 0 atom stereocenters. The van der Waals surface area contributed by atoms with Gasteiger partial charge in [0.15, 0.2) is 0 Å². The zero-order valence-electron chi connectivity index (χ0n) is 9.35. The normalized spacial score (nSPS) is 10.3. The quantitative estimate of drug-likeness (QED) is 0.877. The maximum absolute atomic E-state index is 13.9. The highest BCUT2D eigenvalue weighted by Crippen LogP contribution is 2.27. The fraction of sp³-hybridized carbons (Fsp3) is 0.167. The molecule has 17 heavy (non-hydrogen) atoms. The predicted octanol–water partition coefficient (Wildman–Crippen LogP) is 1.75. The lowest BCUT2D eigenvalue weighted by Gasteiger charge is -2.07. The van der Waals surface area contributed by atoms with Crippen LogP contribution in [0, 0.1) is 5.82 Å². The van der Waals surface area contributed by atoms with Crippen molar-refractivity contribution < 1.29 is 9.13 Å². The summed E-state index contributed by atoms with van der Waals surface area (Å²) < 4.78 is 18.9. The molecule has 1 aromatic heterocycles. The molecule has 0 radical (unpaired) electrons. The molecule has 0 unspecified atom stereocenters. The van der Waals surface area contributed by atoms with Crippen LogP contribution < -0.4 is 10.5 Å². The molecule has 0 saturated heterocycles. The molecule has 0 spiro atoms. The smallest absolute Gasteiger partial charge is 0.240 e. The highest BCUT2D eigenvalue weighted by Gasteiger charge is 2.12. The van der Waals surface area contributed by atoms with Crippen LogP contribution in [0.2, 0.25) is 0 Å². The van der Waals surface area contributed by atoms with Crippen molar-refractivity contribution in [1.82, 2.24) is 9.97 Å². The van der Waals surface area contributed by atoms with Gasteiger partial charge in [0.1, 0.15) is 11.5 Å². The van der Waals surface area contributed by atoms with Crippen molar-refractivity contribution in [3.05, 3.63) is 42.0 Å². The van der Waals surface area contributed by atoms with Crippen LogP contribution in [0.5, 0.6) is 5.88 Å². The summed E-state index contributed by atoms with van der Waals surface area (Å²) in [5, 5.41) is 0. The summed E-state index contributed by atoms with van der Waals surface area (Å²) in [4.78, 5) is 8.06. The van der Waals surface area contributed by atoms with E-state index in [-0.39, 0.29) is 5.82 Å². The molecule has 0 saturated carbocycles. The minimum absolute atomic E-state index is 0.298. The van der Waals surface area contributed by atoms with E-state index in [9.17, 15) is 4.39 Å². The van der Waals surface area contributed by atoms with E-state index in [0.29, 0.717) is 23.7 Å². The minimum atomic E-state index is -0.383. The van der Waals surface area contributed by atoms with E-state index in [1.54, 1.807) is 12.1 Å². The molecule has 0 bridgehead atoms. The van der Waals surface area contributed by atoms with Crippen molar-refractivity contribution >= 4 is 0 Å². The van der Waals surface area contributed by atoms with Crippen molar-refractivity contribution in [2.45, 2.75) is 6.54 Å². The van der Waals surface area contributed by atoms with E-state index in [1.165, 1.54) is 25.6 Å². The number of methoxy groups -OCH3 is 1. The van der Waals surface area contributed by atoms with E-state index in [0.717, 1.165) is 5.56 Å². The molecular formula is C12H12FN3O. The molecule has 0 aliphatic rings. The Balaban J connectivity index is 2.53. The van der Waals surface area contributed by atoms with E-state index in [4.69, 9.17) is 10.5 Å². The third-order valence-electron chi connectivity index (χ3n) is 2.38. The number of aromatic nitrogens is 2. The lowest BCUT2D eigenvalue weighted by atomic mass is 10.1. The van der Waals surface area contributed by atoms with Gasteiger partial charge in [-0.05, 0) is 17.7 Å². The standard InChI is InChI=1S/C12H12FN3O/c1-17-12-11(15-4-5-16-12)9-3-2-8(7-14)6-10(9)13/h2-6H,7,14H2,1H3. The molecule has 1 heterocycles. The zero-order valence-corrected chi connectivity index (χ0v) is 9.35. The van der Waals surface area contributed by atoms with Crippen LogP contribution in [0.3, 0.4) is 0 Å². The van der Waals surface area contributed by atoms with Crippen molar-refractivity contribution in [3.63, 3.8) is 0 Å². The minimum Gasteiger partial charge on any atom is -0.479 e. The van der Waals surface area contributed by atoms with Crippen LogP contribution >= 0.6 is 0 Å². The summed E-state index contributed by atoms with van der Waals surface area (Å²) in [5.41, 5.74) is 6.91. The van der Waals surface area contributed by atoms with E-state index in [2.05, 4.69) is 9.97 Å². The fourth-order valence-electron chi connectivity index (χ4n) is 1.54. The first-order valence-corrected chi connectivity index (χ1v) is 5.10. The van der Waals surface area contributed by atoms with Gasteiger partial charge in [0.2, 0.25) is 5.88 Å². The number of nitrogens with zero attached hydrogens (tertiary/aromatic N) is 2.